The van der Waals surface area contributed by atoms with E-state index in [1.807, 2.05) is 32.9 Å². The lowest BCUT2D eigenvalue weighted by Crippen LogP contribution is -2.44. The van der Waals surface area contributed by atoms with Gasteiger partial charge in [-0.05, 0) is 44.4 Å². The van der Waals surface area contributed by atoms with Crippen LogP contribution in [0.2, 0.25) is 0 Å². The molecule has 1 amide bonds. The van der Waals surface area contributed by atoms with Crippen LogP contribution in [0.3, 0.4) is 0 Å². The van der Waals surface area contributed by atoms with Gasteiger partial charge in [0.2, 0.25) is 0 Å². The van der Waals surface area contributed by atoms with E-state index in [2.05, 4.69) is 11.4 Å². The molecule has 1 rings (SSSR count). The average Bonchev–Trinajstić information content (AvgIpc) is 2.32. The van der Waals surface area contributed by atoms with Gasteiger partial charge in [-0.25, -0.2) is 0 Å². The first-order valence-electron chi connectivity index (χ1n) is 5.73. The van der Waals surface area contributed by atoms with Gasteiger partial charge in [0.05, 0.1) is 6.07 Å². The summed E-state index contributed by atoms with van der Waals surface area (Å²) in [6.45, 7) is 7.50. The number of benzene rings is 1. The number of hydrogen-bond donors (Lipinski definition) is 1. The van der Waals surface area contributed by atoms with Crippen molar-refractivity contribution in [3.8, 4) is 6.07 Å². The van der Waals surface area contributed by atoms with Gasteiger partial charge in [0, 0.05) is 5.56 Å². The highest BCUT2D eigenvalue weighted by atomic mass is 16.1. The van der Waals surface area contributed by atoms with Gasteiger partial charge in [0.25, 0.3) is 5.91 Å². The standard InChI is InChI=1S/C14H18N2O/c1-5-14(4,9-15)16-13(17)12-8-6-7-10(2)11(12)3/h6-8H,5H2,1-4H3,(H,16,17). The van der Waals surface area contributed by atoms with Crippen LogP contribution in [0.15, 0.2) is 18.2 Å². The Bertz CT molecular complexity index is 474. The SMILES string of the molecule is CCC(C)(C#N)NC(=O)c1cccc(C)c1C. The number of nitriles is 1. The molecule has 0 saturated heterocycles. The quantitative estimate of drug-likeness (QED) is 0.868. The fourth-order valence-corrected chi connectivity index (χ4v) is 1.51. The number of carbonyl (C=O) groups excluding carboxylic acids is 1. The van der Waals surface area contributed by atoms with Gasteiger partial charge in [0.1, 0.15) is 5.54 Å². The van der Waals surface area contributed by atoms with Crippen molar-refractivity contribution < 1.29 is 4.79 Å². The Hall–Kier alpha value is -1.82. The molecular formula is C14H18N2O. The van der Waals surface area contributed by atoms with E-state index in [0.29, 0.717) is 12.0 Å². The number of aryl methyl sites for hydroxylation is 1. The summed E-state index contributed by atoms with van der Waals surface area (Å²) in [6.07, 6.45) is 0.583. The molecule has 0 spiro atoms. The summed E-state index contributed by atoms with van der Waals surface area (Å²) < 4.78 is 0. The molecule has 1 unspecified atom stereocenters. The molecule has 0 fully saturated rings. The zero-order chi connectivity index (χ0) is 13.1. The highest BCUT2D eigenvalue weighted by Gasteiger charge is 2.24. The van der Waals surface area contributed by atoms with Crippen LogP contribution < -0.4 is 5.32 Å². The maximum absolute atomic E-state index is 12.1. The second kappa shape index (κ2) is 5.01. The molecule has 0 bridgehead atoms. The number of nitrogens with zero attached hydrogens (tertiary/aromatic N) is 1. The van der Waals surface area contributed by atoms with Crippen LogP contribution in [-0.4, -0.2) is 11.4 Å². The zero-order valence-corrected chi connectivity index (χ0v) is 10.8. The average molecular weight is 230 g/mol. The molecule has 17 heavy (non-hydrogen) atoms. The second-order valence-corrected chi connectivity index (χ2v) is 4.50. The molecule has 3 nitrogen and oxygen atoms in total. The molecule has 0 aromatic heterocycles. The minimum atomic E-state index is -0.798. The van der Waals surface area contributed by atoms with Crippen molar-refractivity contribution in [3.05, 3.63) is 34.9 Å². The van der Waals surface area contributed by atoms with Crippen molar-refractivity contribution in [2.24, 2.45) is 0 Å². The van der Waals surface area contributed by atoms with E-state index in [9.17, 15) is 4.79 Å². The van der Waals surface area contributed by atoms with Crippen LogP contribution in [0.4, 0.5) is 0 Å². The Labute approximate surface area is 102 Å². The number of rotatable bonds is 3. The minimum Gasteiger partial charge on any atom is -0.334 e. The Morgan fingerprint density at radius 1 is 1.47 bits per heavy atom. The molecule has 0 heterocycles. The molecule has 0 saturated carbocycles. The lowest BCUT2D eigenvalue weighted by molar-refractivity contribution is 0.0922. The van der Waals surface area contributed by atoms with E-state index in [0.717, 1.165) is 11.1 Å². The molecule has 90 valence electrons. The predicted octanol–water partition coefficient (Wildman–Crippen LogP) is 2.73. The van der Waals surface area contributed by atoms with Crippen LogP contribution in [0.25, 0.3) is 0 Å². The van der Waals surface area contributed by atoms with Crippen LogP contribution in [0, 0.1) is 25.2 Å². The summed E-state index contributed by atoms with van der Waals surface area (Å²) in [5.41, 5.74) is 1.88. The molecule has 1 N–H and O–H groups in total. The summed E-state index contributed by atoms with van der Waals surface area (Å²) in [7, 11) is 0. The highest BCUT2D eigenvalue weighted by Crippen LogP contribution is 2.15. The molecule has 1 aromatic carbocycles. The van der Waals surface area contributed by atoms with E-state index in [1.165, 1.54) is 0 Å². The fourth-order valence-electron chi connectivity index (χ4n) is 1.51. The Kier molecular flexibility index (Phi) is 3.90. The second-order valence-electron chi connectivity index (χ2n) is 4.50. The largest absolute Gasteiger partial charge is 0.334 e. The Balaban J connectivity index is 2.99. The molecule has 3 heteroatoms. The van der Waals surface area contributed by atoms with Crippen molar-refractivity contribution in [3.63, 3.8) is 0 Å². The lowest BCUT2D eigenvalue weighted by atomic mass is 9.98. The van der Waals surface area contributed by atoms with Gasteiger partial charge in [-0.3, -0.25) is 4.79 Å². The van der Waals surface area contributed by atoms with Crippen molar-refractivity contribution in [2.75, 3.05) is 0 Å². The fraction of sp³-hybridized carbons (Fsp3) is 0.429. The molecule has 0 aliphatic rings. The van der Waals surface area contributed by atoms with E-state index < -0.39 is 5.54 Å². The first-order chi connectivity index (χ1) is 7.93. The zero-order valence-electron chi connectivity index (χ0n) is 10.8. The third-order valence-electron chi connectivity index (χ3n) is 3.19. The minimum absolute atomic E-state index is 0.183. The topological polar surface area (TPSA) is 52.9 Å². The van der Waals surface area contributed by atoms with Crippen molar-refractivity contribution in [2.45, 2.75) is 39.7 Å². The van der Waals surface area contributed by atoms with E-state index in [-0.39, 0.29) is 5.91 Å². The number of nitrogens with one attached hydrogen (secondary N) is 1. The molecule has 0 radical (unpaired) electrons. The van der Waals surface area contributed by atoms with Crippen LogP contribution in [0.5, 0.6) is 0 Å². The van der Waals surface area contributed by atoms with Gasteiger partial charge in [0.15, 0.2) is 0 Å². The number of hydrogen-bond acceptors (Lipinski definition) is 2. The van der Waals surface area contributed by atoms with Gasteiger partial charge in [-0.15, -0.1) is 0 Å². The van der Waals surface area contributed by atoms with Crippen molar-refractivity contribution in [1.29, 1.82) is 5.26 Å². The van der Waals surface area contributed by atoms with Gasteiger partial charge in [-0.2, -0.15) is 5.26 Å². The van der Waals surface area contributed by atoms with E-state index >= 15 is 0 Å². The van der Waals surface area contributed by atoms with Crippen LogP contribution >= 0.6 is 0 Å². The van der Waals surface area contributed by atoms with Crippen molar-refractivity contribution in [1.82, 2.24) is 5.32 Å². The lowest BCUT2D eigenvalue weighted by Gasteiger charge is -2.22. The molecule has 1 atom stereocenters. The summed E-state index contributed by atoms with van der Waals surface area (Å²) in [5, 5.41) is 11.8. The van der Waals surface area contributed by atoms with E-state index in [1.54, 1.807) is 13.0 Å². The van der Waals surface area contributed by atoms with Crippen LogP contribution in [0.1, 0.15) is 41.8 Å². The van der Waals surface area contributed by atoms with Gasteiger partial charge >= 0.3 is 0 Å². The van der Waals surface area contributed by atoms with E-state index in [4.69, 9.17) is 5.26 Å². The number of carbonyl (C=O) groups is 1. The monoisotopic (exact) mass is 230 g/mol. The van der Waals surface area contributed by atoms with Gasteiger partial charge < -0.3 is 5.32 Å². The number of amides is 1. The molecule has 1 aromatic rings. The normalized spacial score (nSPS) is 13.6. The third kappa shape index (κ3) is 2.85. The molecule has 0 aliphatic heterocycles. The Morgan fingerprint density at radius 2 is 2.12 bits per heavy atom. The Morgan fingerprint density at radius 3 is 2.65 bits per heavy atom. The molecule has 0 aliphatic carbocycles. The maximum atomic E-state index is 12.1. The summed E-state index contributed by atoms with van der Waals surface area (Å²) in [5.74, 6) is -0.183. The van der Waals surface area contributed by atoms with Crippen LogP contribution in [-0.2, 0) is 0 Å². The summed E-state index contributed by atoms with van der Waals surface area (Å²) in [4.78, 5) is 12.1. The first kappa shape index (κ1) is 13.2. The predicted molar refractivity (Wildman–Crippen MR) is 67.7 cm³/mol. The van der Waals surface area contributed by atoms with Crippen molar-refractivity contribution >= 4 is 5.91 Å². The van der Waals surface area contributed by atoms with Gasteiger partial charge in [-0.1, -0.05) is 19.1 Å². The molecular weight excluding hydrogens is 212 g/mol. The highest BCUT2D eigenvalue weighted by molar-refractivity contribution is 5.96. The first-order valence-corrected chi connectivity index (χ1v) is 5.73. The maximum Gasteiger partial charge on any atom is 0.252 e. The third-order valence-corrected chi connectivity index (χ3v) is 3.19. The summed E-state index contributed by atoms with van der Waals surface area (Å²) >= 11 is 0. The summed E-state index contributed by atoms with van der Waals surface area (Å²) in [6, 6.07) is 7.74. The smallest absolute Gasteiger partial charge is 0.252 e.